The Labute approximate surface area is 188 Å². The van der Waals surface area contributed by atoms with Gasteiger partial charge in [-0.05, 0) is 36.8 Å². The van der Waals surface area contributed by atoms with Crippen LogP contribution in [-0.2, 0) is 4.79 Å². The molecular formula is C23H19N5O3S. The minimum atomic E-state index is -0.288. The first-order valence-electron chi connectivity index (χ1n) is 10.0. The second kappa shape index (κ2) is 8.80. The Kier molecular flexibility index (Phi) is 5.55. The lowest BCUT2D eigenvalue weighted by molar-refractivity contribution is -0.130. The highest BCUT2D eigenvalue weighted by atomic mass is 32.2. The summed E-state index contributed by atoms with van der Waals surface area (Å²) in [5.74, 6) is 1.03. The average Bonchev–Trinajstić information content (AvgIpc) is 3.59. The van der Waals surface area contributed by atoms with Crippen LogP contribution in [0.1, 0.15) is 29.3 Å². The molecule has 0 radical (unpaired) electrons. The molecule has 4 heterocycles. The zero-order chi connectivity index (χ0) is 21.9. The van der Waals surface area contributed by atoms with Gasteiger partial charge < -0.3 is 8.83 Å². The van der Waals surface area contributed by atoms with Gasteiger partial charge in [0, 0.05) is 24.4 Å². The Hall–Kier alpha value is -3.72. The Balaban J connectivity index is 1.32. The number of carbonyl (C=O) groups excluding carboxylic acids is 1. The molecule has 1 amide bonds. The van der Waals surface area contributed by atoms with Crippen molar-refractivity contribution < 1.29 is 13.6 Å². The minimum Gasteiger partial charge on any atom is -0.467 e. The molecular weight excluding hydrogens is 426 g/mol. The maximum Gasteiger partial charge on any atom is 0.277 e. The van der Waals surface area contributed by atoms with E-state index in [2.05, 4.69) is 20.3 Å². The van der Waals surface area contributed by atoms with Crippen molar-refractivity contribution in [3.63, 3.8) is 0 Å². The Bertz CT molecular complexity index is 1240. The molecule has 0 bridgehead atoms. The summed E-state index contributed by atoms with van der Waals surface area (Å²) < 4.78 is 11.3. The first-order chi connectivity index (χ1) is 15.7. The molecule has 1 aliphatic rings. The van der Waals surface area contributed by atoms with E-state index in [1.54, 1.807) is 30.8 Å². The van der Waals surface area contributed by atoms with Gasteiger partial charge in [0.25, 0.3) is 11.1 Å². The lowest BCUT2D eigenvalue weighted by Crippen LogP contribution is -2.28. The molecule has 0 N–H and O–H groups in total. The van der Waals surface area contributed by atoms with Crippen molar-refractivity contribution in [3.05, 3.63) is 84.1 Å². The number of thioether (sulfide) groups is 1. The second-order valence-electron chi connectivity index (χ2n) is 7.28. The van der Waals surface area contributed by atoms with Crippen LogP contribution >= 0.6 is 11.8 Å². The van der Waals surface area contributed by atoms with E-state index in [1.165, 1.54) is 22.3 Å². The highest BCUT2D eigenvalue weighted by molar-refractivity contribution is 7.99. The van der Waals surface area contributed by atoms with Crippen molar-refractivity contribution >= 4 is 23.4 Å². The highest BCUT2D eigenvalue weighted by Gasteiger charge is 2.35. The summed E-state index contributed by atoms with van der Waals surface area (Å²) in [6.45, 7) is 2.04. The zero-order valence-electron chi connectivity index (χ0n) is 17.2. The fourth-order valence-corrected chi connectivity index (χ4v) is 4.05. The predicted octanol–water partition coefficient (Wildman–Crippen LogP) is 4.50. The van der Waals surface area contributed by atoms with Crippen LogP contribution in [0.3, 0.4) is 0 Å². The van der Waals surface area contributed by atoms with E-state index in [1.807, 2.05) is 43.3 Å². The quantitative estimate of drug-likeness (QED) is 0.403. The summed E-state index contributed by atoms with van der Waals surface area (Å²) in [6, 6.07) is 15.1. The first kappa shape index (κ1) is 20.2. The average molecular weight is 446 g/mol. The van der Waals surface area contributed by atoms with Crippen molar-refractivity contribution in [2.75, 3.05) is 5.75 Å². The third-order valence-electron chi connectivity index (χ3n) is 5.08. The van der Waals surface area contributed by atoms with Gasteiger partial charge in [0.05, 0.1) is 17.7 Å². The van der Waals surface area contributed by atoms with Crippen LogP contribution in [0.15, 0.2) is 86.3 Å². The van der Waals surface area contributed by atoms with Crippen LogP contribution in [-0.4, -0.2) is 37.6 Å². The van der Waals surface area contributed by atoms with Crippen LogP contribution in [0.2, 0.25) is 0 Å². The molecule has 1 unspecified atom stereocenters. The summed E-state index contributed by atoms with van der Waals surface area (Å²) >= 11 is 1.18. The molecule has 1 aliphatic heterocycles. The third-order valence-corrected chi connectivity index (χ3v) is 5.88. The Morgan fingerprint density at radius 1 is 1.09 bits per heavy atom. The SMILES string of the molecule is Cc1ccc(C2=NN(C(=O)CSc3nnc(-c4ccncc4)o3)C(c3ccco3)C2)cc1. The molecule has 1 aromatic carbocycles. The molecule has 0 fully saturated rings. The number of carbonyl (C=O) groups is 1. The first-order valence-corrected chi connectivity index (χ1v) is 11.0. The molecule has 8 nitrogen and oxygen atoms in total. The summed E-state index contributed by atoms with van der Waals surface area (Å²) in [5, 5.41) is 14.5. The fraction of sp³-hybridized carbons (Fsp3) is 0.174. The van der Waals surface area contributed by atoms with E-state index in [-0.39, 0.29) is 17.7 Å². The van der Waals surface area contributed by atoms with Gasteiger partial charge in [-0.1, -0.05) is 41.6 Å². The topological polar surface area (TPSA) is 97.6 Å². The monoisotopic (exact) mass is 445 g/mol. The number of benzene rings is 1. The van der Waals surface area contributed by atoms with Crippen LogP contribution in [0, 0.1) is 6.92 Å². The number of pyridine rings is 1. The Morgan fingerprint density at radius 2 is 1.91 bits per heavy atom. The van der Waals surface area contributed by atoms with Crippen LogP contribution in [0.25, 0.3) is 11.5 Å². The minimum absolute atomic E-state index is 0.111. The molecule has 0 spiro atoms. The molecule has 0 saturated heterocycles. The van der Waals surface area contributed by atoms with E-state index in [0.717, 1.165) is 16.8 Å². The fourth-order valence-electron chi connectivity index (χ4n) is 3.43. The summed E-state index contributed by atoms with van der Waals surface area (Å²) in [5.41, 5.74) is 3.79. The maximum absolute atomic E-state index is 13.1. The van der Waals surface area contributed by atoms with E-state index < -0.39 is 0 Å². The molecule has 9 heteroatoms. The van der Waals surface area contributed by atoms with Gasteiger partial charge in [-0.3, -0.25) is 9.78 Å². The largest absolute Gasteiger partial charge is 0.467 e. The molecule has 5 rings (SSSR count). The smallest absolute Gasteiger partial charge is 0.277 e. The second-order valence-corrected chi connectivity index (χ2v) is 8.21. The van der Waals surface area contributed by atoms with Crippen LogP contribution in [0.4, 0.5) is 0 Å². The summed E-state index contributed by atoms with van der Waals surface area (Å²) in [6.07, 6.45) is 5.50. The number of hydrogen-bond donors (Lipinski definition) is 0. The lowest BCUT2D eigenvalue weighted by atomic mass is 10.0. The van der Waals surface area contributed by atoms with Crippen molar-refractivity contribution in [3.8, 4) is 11.5 Å². The number of rotatable bonds is 6. The van der Waals surface area contributed by atoms with Crippen molar-refractivity contribution in [1.82, 2.24) is 20.2 Å². The van der Waals surface area contributed by atoms with Crippen LogP contribution in [0.5, 0.6) is 0 Å². The van der Waals surface area contributed by atoms with E-state index in [0.29, 0.717) is 23.3 Å². The molecule has 3 aromatic heterocycles. The predicted molar refractivity (Wildman–Crippen MR) is 119 cm³/mol. The van der Waals surface area contributed by atoms with Crippen molar-refractivity contribution in [1.29, 1.82) is 0 Å². The summed E-state index contributed by atoms with van der Waals surface area (Å²) in [7, 11) is 0. The normalized spacial score (nSPS) is 15.7. The van der Waals surface area contributed by atoms with Gasteiger partial charge >= 0.3 is 0 Å². The van der Waals surface area contributed by atoms with Crippen LogP contribution < -0.4 is 0 Å². The van der Waals surface area contributed by atoms with Gasteiger partial charge in [0.1, 0.15) is 11.8 Å². The van der Waals surface area contributed by atoms with Gasteiger partial charge in [-0.15, -0.1) is 10.2 Å². The molecule has 4 aromatic rings. The molecule has 0 saturated carbocycles. The number of furan rings is 1. The number of hydrazone groups is 1. The number of hydrogen-bond acceptors (Lipinski definition) is 8. The van der Waals surface area contributed by atoms with Gasteiger partial charge in [-0.2, -0.15) is 5.10 Å². The zero-order valence-corrected chi connectivity index (χ0v) is 18.0. The van der Waals surface area contributed by atoms with Crippen molar-refractivity contribution in [2.45, 2.75) is 24.6 Å². The summed E-state index contributed by atoms with van der Waals surface area (Å²) in [4.78, 5) is 17.1. The standard InChI is InChI=1S/C23H19N5O3S/c1-15-4-6-16(7-5-15)18-13-19(20-3-2-12-30-20)28(27-18)21(29)14-32-23-26-25-22(31-23)17-8-10-24-11-9-17/h2-12,19H,13-14H2,1H3. The van der Waals surface area contributed by atoms with Gasteiger partial charge in [-0.25, -0.2) is 5.01 Å². The number of aryl methyl sites for hydroxylation is 1. The van der Waals surface area contributed by atoms with Gasteiger partial charge in [0.2, 0.25) is 5.89 Å². The number of amides is 1. The van der Waals surface area contributed by atoms with Gasteiger partial charge in [0.15, 0.2) is 0 Å². The lowest BCUT2D eigenvalue weighted by Gasteiger charge is -2.19. The third kappa shape index (κ3) is 4.19. The molecule has 160 valence electrons. The van der Waals surface area contributed by atoms with E-state index >= 15 is 0 Å². The number of nitrogens with zero attached hydrogens (tertiary/aromatic N) is 5. The van der Waals surface area contributed by atoms with E-state index in [4.69, 9.17) is 8.83 Å². The van der Waals surface area contributed by atoms with E-state index in [9.17, 15) is 4.79 Å². The highest BCUT2D eigenvalue weighted by Crippen LogP contribution is 2.34. The van der Waals surface area contributed by atoms with Crippen molar-refractivity contribution in [2.24, 2.45) is 5.10 Å². The number of aromatic nitrogens is 3. The maximum atomic E-state index is 13.1. The molecule has 32 heavy (non-hydrogen) atoms. The Morgan fingerprint density at radius 3 is 2.66 bits per heavy atom. The molecule has 0 aliphatic carbocycles. The molecule has 1 atom stereocenters.